The average Bonchev–Trinajstić information content (AvgIpc) is 3.72. The number of hydrogen-bond donors (Lipinski definition) is 1. The van der Waals surface area contributed by atoms with Crippen LogP contribution in [0, 0.1) is 27.7 Å². The van der Waals surface area contributed by atoms with Crippen LogP contribution in [-0.2, 0) is 13.5 Å². The molecule has 1 amide bonds. The molecular weight excluding hydrogens is 697 g/mol. The molecule has 9 nitrogen and oxygen atoms in total. The Morgan fingerprint density at radius 2 is 1.73 bits per heavy atom. The molecule has 6 aromatic rings. The number of aryl methyl sites for hydroxylation is 5. The summed E-state index contributed by atoms with van der Waals surface area (Å²) in [5.74, 6) is 0.402. The number of aromatic nitrogens is 4. The van der Waals surface area contributed by atoms with Gasteiger partial charge in [-0.1, -0.05) is 29.3 Å². The van der Waals surface area contributed by atoms with E-state index in [1.54, 1.807) is 12.1 Å². The summed E-state index contributed by atoms with van der Waals surface area (Å²) in [5, 5.41) is 17.5. The van der Waals surface area contributed by atoms with Crippen molar-refractivity contribution >= 4 is 62.7 Å². The monoisotopic (exact) mass is 739 g/mol. The number of nitrogens with zero attached hydrogens (tertiary/aromatic N) is 5. The van der Waals surface area contributed by atoms with Gasteiger partial charge in [0.15, 0.2) is 0 Å². The number of carboxylic acid groups (broad SMARTS) is 1. The minimum absolute atomic E-state index is 0.0118. The molecule has 0 unspecified atom stereocenters. The van der Waals surface area contributed by atoms with Gasteiger partial charge in [-0.25, -0.2) is 4.79 Å². The van der Waals surface area contributed by atoms with Crippen LogP contribution in [-0.4, -0.2) is 49.0 Å². The number of fused-ring (bicyclic) bond motifs is 4. The molecule has 0 radical (unpaired) electrons. The molecule has 7 rings (SSSR count). The third-order valence-corrected chi connectivity index (χ3v) is 11.3. The Hall–Kier alpha value is -4.73. The summed E-state index contributed by atoms with van der Waals surface area (Å²) in [4.78, 5) is 28.8. The van der Waals surface area contributed by atoms with Crippen molar-refractivity contribution < 1.29 is 19.4 Å². The van der Waals surface area contributed by atoms with E-state index < -0.39 is 5.97 Å². The van der Waals surface area contributed by atoms with Crippen molar-refractivity contribution in [3.63, 3.8) is 0 Å². The molecule has 0 saturated carbocycles. The van der Waals surface area contributed by atoms with Crippen LogP contribution in [0.1, 0.15) is 88.2 Å². The molecule has 270 valence electrons. The summed E-state index contributed by atoms with van der Waals surface area (Å²) >= 11 is 13.5. The number of rotatable bonds is 9. The maximum atomic E-state index is 15.1. The summed E-state index contributed by atoms with van der Waals surface area (Å²) in [6.07, 6.45) is 1.26. The van der Waals surface area contributed by atoms with Crippen LogP contribution in [0.5, 0.6) is 5.75 Å². The molecule has 0 fully saturated rings. The van der Waals surface area contributed by atoms with Crippen molar-refractivity contribution in [3.8, 4) is 16.9 Å². The van der Waals surface area contributed by atoms with Crippen molar-refractivity contribution in [1.82, 2.24) is 18.9 Å². The van der Waals surface area contributed by atoms with Gasteiger partial charge < -0.3 is 19.0 Å². The number of anilines is 1. The van der Waals surface area contributed by atoms with Crippen LogP contribution in [0.25, 0.3) is 32.9 Å². The first-order valence-corrected chi connectivity index (χ1v) is 18.4. The lowest BCUT2D eigenvalue weighted by molar-refractivity contribution is 0.0696. The molecule has 0 bridgehead atoms. The highest BCUT2D eigenvalue weighted by Crippen LogP contribution is 2.45. The first-order valence-electron chi connectivity index (χ1n) is 17.6. The predicted octanol–water partition coefficient (Wildman–Crippen LogP) is 10.0. The number of benzene rings is 3. The van der Waals surface area contributed by atoms with E-state index in [4.69, 9.17) is 33.0 Å². The Morgan fingerprint density at radius 1 is 1.02 bits per heavy atom. The fourth-order valence-electron chi connectivity index (χ4n) is 8.03. The second kappa shape index (κ2) is 13.4. The normalized spacial score (nSPS) is 14.6. The van der Waals surface area contributed by atoms with Crippen LogP contribution < -0.4 is 9.64 Å². The Balaban J connectivity index is 1.38. The van der Waals surface area contributed by atoms with Crippen molar-refractivity contribution in [2.75, 3.05) is 18.1 Å². The Morgan fingerprint density at radius 3 is 2.37 bits per heavy atom. The van der Waals surface area contributed by atoms with Crippen molar-refractivity contribution in [2.24, 2.45) is 7.05 Å². The van der Waals surface area contributed by atoms with Crippen LogP contribution >= 0.6 is 23.2 Å². The number of hydrogen-bond acceptors (Lipinski definition) is 4. The zero-order valence-electron chi connectivity index (χ0n) is 30.8. The molecule has 0 aliphatic carbocycles. The van der Waals surface area contributed by atoms with E-state index in [2.05, 4.69) is 29.9 Å². The summed E-state index contributed by atoms with van der Waals surface area (Å²) in [6.45, 7) is 15.1. The zero-order chi connectivity index (χ0) is 37.3. The van der Waals surface area contributed by atoms with Crippen LogP contribution in [0.15, 0.2) is 48.5 Å². The second-order valence-electron chi connectivity index (χ2n) is 14.3. The number of ether oxygens (including phenoxy) is 1. The van der Waals surface area contributed by atoms with Crippen LogP contribution in [0.2, 0.25) is 10.0 Å². The van der Waals surface area contributed by atoms with Gasteiger partial charge in [-0.2, -0.15) is 5.10 Å². The van der Waals surface area contributed by atoms with Crippen molar-refractivity contribution in [3.05, 3.63) is 97.9 Å². The molecule has 52 heavy (non-hydrogen) atoms. The molecule has 0 saturated heterocycles. The number of carbonyl (C=O) groups excluding carboxylic acids is 1. The van der Waals surface area contributed by atoms with Crippen molar-refractivity contribution in [1.29, 1.82) is 0 Å². The van der Waals surface area contributed by atoms with Gasteiger partial charge in [0.1, 0.15) is 17.3 Å². The lowest BCUT2D eigenvalue weighted by atomic mass is 9.98. The standard InChI is InChI=1S/C41H43Cl2N5O4/c1-21(2)47-33-14-11-27(41(50)51)18-28(33)19-34(47)46-20-24(5)48-38-31(12-13-32(42)36(38)35-25(6)44-45(8)26(35)7)30(39(48)40(46)49)10-9-15-52-29-16-22(3)37(43)23(4)17-29/h11-14,16-19,21,24H,9-10,15,20H2,1-8H3,(H,50,51)/t24-/m1/s1. The molecular formula is C41H43Cl2N5O4. The molecule has 1 aliphatic rings. The molecule has 3 aromatic heterocycles. The van der Waals surface area contributed by atoms with E-state index >= 15 is 4.79 Å². The Bertz CT molecular complexity index is 2410. The van der Waals surface area contributed by atoms with Gasteiger partial charge in [-0.15, -0.1) is 0 Å². The van der Waals surface area contributed by atoms with Crippen LogP contribution in [0.3, 0.4) is 0 Å². The van der Waals surface area contributed by atoms with Crippen molar-refractivity contribution in [2.45, 2.75) is 73.4 Å². The highest BCUT2D eigenvalue weighted by Gasteiger charge is 2.38. The molecule has 11 heteroatoms. The van der Waals surface area contributed by atoms with Gasteiger partial charge in [0.05, 0.1) is 33.9 Å². The highest BCUT2D eigenvalue weighted by molar-refractivity contribution is 6.35. The average molecular weight is 741 g/mol. The van der Waals surface area contributed by atoms with Crippen LogP contribution in [0.4, 0.5) is 5.82 Å². The number of halogens is 2. The highest BCUT2D eigenvalue weighted by atomic mass is 35.5. The summed E-state index contributed by atoms with van der Waals surface area (Å²) in [5.41, 5.74) is 9.22. The quantitative estimate of drug-likeness (QED) is 0.149. The molecule has 1 aliphatic heterocycles. The maximum absolute atomic E-state index is 15.1. The molecule has 1 N–H and O–H groups in total. The first kappa shape index (κ1) is 35.7. The topological polar surface area (TPSA) is 94.5 Å². The maximum Gasteiger partial charge on any atom is 0.335 e. The third kappa shape index (κ3) is 5.75. The van der Waals surface area contributed by atoms with Gasteiger partial charge in [-0.3, -0.25) is 14.4 Å². The van der Waals surface area contributed by atoms with E-state index in [1.807, 2.05) is 80.7 Å². The van der Waals surface area contributed by atoms with Gasteiger partial charge in [0.2, 0.25) is 0 Å². The van der Waals surface area contributed by atoms with Gasteiger partial charge in [0, 0.05) is 58.3 Å². The molecule has 0 spiro atoms. The van der Waals surface area contributed by atoms with Gasteiger partial charge in [0.25, 0.3) is 5.91 Å². The molecule has 1 atom stereocenters. The number of aromatic carboxylic acids is 1. The minimum Gasteiger partial charge on any atom is -0.494 e. The summed E-state index contributed by atoms with van der Waals surface area (Å²) < 4.78 is 12.4. The SMILES string of the molecule is Cc1cc(OCCCc2c3n(c4c(-c5c(C)nn(C)c5C)c(Cl)ccc24)[C@H](C)CN(c2cc4cc(C(=O)O)ccc4n2C(C)C)C3=O)cc(C)c1Cl. The lowest BCUT2D eigenvalue weighted by Gasteiger charge is -2.35. The number of carbonyl (C=O) groups is 2. The van der Waals surface area contributed by atoms with E-state index in [0.717, 1.165) is 77.6 Å². The number of carboxylic acids is 1. The summed E-state index contributed by atoms with van der Waals surface area (Å²) in [7, 11) is 1.93. The lowest BCUT2D eigenvalue weighted by Crippen LogP contribution is -2.43. The predicted molar refractivity (Wildman–Crippen MR) is 209 cm³/mol. The smallest absolute Gasteiger partial charge is 0.335 e. The minimum atomic E-state index is -0.989. The number of amides is 1. The van der Waals surface area contributed by atoms with E-state index in [9.17, 15) is 9.90 Å². The fourth-order valence-corrected chi connectivity index (χ4v) is 8.39. The Kier molecular flexibility index (Phi) is 9.16. The van der Waals surface area contributed by atoms with Gasteiger partial charge in [-0.05, 0) is 120 Å². The summed E-state index contributed by atoms with van der Waals surface area (Å²) in [6, 6.07) is 14.8. The second-order valence-corrected chi connectivity index (χ2v) is 15.1. The Labute approximate surface area is 313 Å². The van der Waals surface area contributed by atoms with E-state index in [0.29, 0.717) is 36.7 Å². The first-order chi connectivity index (χ1) is 24.7. The molecule has 3 aromatic carbocycles. The zero-order valence-corrected chi connectivity index (χ0v) is 32.3. The molecule has 4 heterocycles. The third-order valence-electron chi connectivity index (χ3n) is 10.4. The largest absolute Gasteiger partial charge is 0.494 e. The fraction of sp³-hybridized carbons (Fsp3) is 0.341. The van der Waals surface area contributed by atoms with Gasteiger partial charge >= 0.3 is 5.97 Å². The van der Waals surface area contributed by atoms with E-state index in [-0.39, 0.29) is 23.6 Å². The van der Waals surface area contributed by atoms with E-state index in [1.165, 1.54) is 0 Å².